The van der Waals surface area contributed by atoms with Crippen LogP contribution in [0.4, 0.5) is 0 Å². The highest BCUT2D eigenvalue weighted by molar-refractivity contribution is 6.24. The van der Waals surface area contributed by atoms with Gasteiger partial charge in [-0.15, -0.1) is 0 Å². The number of hydrogen-bond acceptors (Lipinski definition) is 3. The molecule has 0 saturated carbocycles. The number of Topliss-reactive ketones (excluding diaryl/α,β-unsaturated/α-hetero) is 1. The molecule has 0 N–H and O–H groups in total. The molecule has 1 aromatic carbocycles. The second kappa shape index (κ2) is 4.85. The van der Waals surface area contributed by atoms with Crippen LogP contribution in [-0.4, -0.2) is 16.6 Å². The van der Waals surface area contributed by atoms with Crippen LogP contribution >= 0.6 is 0 Å². The van der Waals surface area contributed by atoms with E-state index in [0.29, 0.717) is 23.1 Å². The predicted molar refractivity (Wildman–Crippen MR) is 75.9 cm³/mol. The third kappa shape index (κ3) is 2.18. The summed E-state index contributed by atoms with van der Waals surface area (Å²) < 4.78 is 0. The molecule has 20 heavy (non-hydrogen) atoms. The largest absolute Gasteiger partial charge is 0.289 e. The predicted octanol–water partition coefficient (Wildman–Crippen LogP) is 2.94. The number of pyridine rings is 1. The maximum Gasteiger partial charge on any atom is 0.190 e. The average Bonchev–Trinajstić information content (AvgIpc) is 2.47. The van der Waals surface area contributed by atoms with Crippen molar-refractivity contribution < 1.29 is 9.59 Å². The summed E-state index contributed by atoms with van der Waals surface area (Å²) in [7, 11) is 0. The first-order valence-electron chi connectivity index (χ1n) is 6.45. The summed E-state index contributed by atoms with van der Waals surface area (Å²) in [4.78, 5) is 28.7. The lowest BCUT2D eigenvalue weighted by molar-refractivity contribution is 0.0982. The highest BCUT2D eigenvalue weighted by atomic mass is 16.1. The number of carbonyl (C=O) groups excluding carboxylic acids is 2. The first-order chi connectivity index (χ1) is 9.65. The molecule has 0 amide bonds. The number of aryl methyl sites for hydroxylation is 1. The summed E-state index contributed by atoms with van der Waals surface area (Å²) in [6.07, 6.45) is 3.59. The molecule has 1 aliphatic rings. The summed E-state index contributed by atoms with van der Waals surface area (Å²) >= 11 is 0. The number of benzene rings is 1. The van der Waals surface area contributed by atoms with E-state index in [2.05, 4.69) is 4.98 Å². The molecule has 0 fully saturated rings. The van der Waals surface area contributed by atoms with Gasteiger partial charge in [-0.3, -0.25) is 14.6 Å². The minimum atomic E-state index is -0.109. The van der Waals surface area contributed by atoms with Crippen LogP contribution in [0, 0.1) is 6.92 Å². The van der Waals surface area contributed by atoms with E-state index in [9.17, 15) is 9.59 Å². The van der Waals surface area contributed by atoms with Crippen molar-refractivity contribution in [3.63, 3.8) is 0 Å². The van der Waals surface area contributed by atoms with Crippen molar-refractivity contribution in [2.45, 2.75) is 13.3 Å². The molecule has 3 rings (SSSR count). The summed E-state index contributed by atoms with van der Waals surface area (Å²) in [5, 5.41) is 0. The van der Waals surface area contributed by atoms with Crippen LogP contribution in [0.15, 0.2) is 54.2 Å². The molecule has 0 spiro atoms. The molecule has 0 unspecified atom stereocenters. The van der Waals surface area contributed by atoms with Crippen molar-refractivity contribution in [1.29, 1.82) is 0 Å². The van der Waals surface area contributed by atoms with Gasteiger partial charge in [0.15, 0.2) is 11.6 Å². The zero-order chi connectivity index (χ0) is 14.1. The lowest BCUT2D eigenvalue weighted by Crippen LogP contribution is -2.18. The Morgan fingerprint density at radius 2 is 1.75 bits per heavy atom. The monoisotopic (exact) mass is 263 g/mol. The maximum atomic E-state index is 12.4. The second-order valence-electron chi connectivity index (χ2n) is 4.91. The maximum absolute atomic E-state index is 12.4. The van der Waals surface area contributed by atoms with Gasteiger partial charge in [0.05, 0.1) is 0 Å². The molecule has 1 aromatic heterocycles. The second-order valence-corrected chi connectivity index (χ2v) is 4.91. The van der Waals surface area contributed by atoms with E-state index in [0.717, 1.165) is 11.3 Å². The Hall–Kier alpha value is -2.55. The van der Waals surface area contributed by atoms with Crippen molar-refractivity contribution in [1.82, 2.24) is 4.98 Å². The fourth-order valence-electron chi connectivity index (χ4n) is 2.30. The Morgan fingerprint density at radius 3 is 2.45 bits per heavy atom. The fourth-order valence-corrected chi connectivity index (χ4v) is 2.30. The molecule has 2 aromatic rings. The Labute approximate surface area is 117 Å². The summed E-state index contributed by atoms with van der Waals surface area (Å²) in [6.45, 7) is 1.96. The molecule has 0 saturated heterocycles. The Bertz CT molecular complexity index is 727. The number of fused-ring (bicyclic) bond motifs is 1. The molecular formula is C17H13NO2. The summed E-state index contributed by atoms with van der Waals surface area (Å²) in [5.41, 5.74) is 3.34. The Kier molecular flexibility index (Phi) is 3.03. The molecule has 3 nitrogen and oxygen atoms in total. The van der Waals surface area contributed by atoms with E-state index in [1.807, 2.05) is 19.1 Å². The quantitative estimate of drug-likeness (QED) is 0.837. The third-order valence-corrected chi connectivity index (χ3v) is 3.38. The normalized spacial score (nSPS) is 13.9. The molecule has 98 valence electrons. The van der Waals surface area contributed by atoms with Crippen molar-refractivity contribution in [3.8, 4) is 0 Å². The number of ketones is 2. The van der Waals surface area contributed by atoms with Crippen molar-refractivity contribution in [2.75, 3.05) is 0 Å². The number of aromatic nitrogens is 1. The molecular weight excluding hydrogens is 250 g/mol. The number of rotatable bonds is 2. The highest BCUT2D eigenvalue weighted by Crippen LogP contribution is 2.23. The fraction of sp³-hybridized carbons (Fsp3) is 0.118. The lowest BCUT2D eigenvalue weighted by Gasteiger charge is -2.14. The van der Waals surface area contributed by atoms with Crippen molar-refractivity contribution >= 4 is 11.6 Å². The van der Waals surface area contributed by atoms with Gasteiger partial charge in [0.25, 0.3) is 0 Å². The van der Waals surface area contributed by atoms with E-state index >= 15 is 0 Å². The van der Waals surface area contributed by atoms with E-state index < -0.39 is 0 Å². The molecule has 1 heterocycles. The van der Waals surface area contributed by atoms with E-state index in [1.54, 1.807) is 30.5 Å². The Balaban J connectivity index is 1.94. The average molecular weight is 263 g/mol. The van der Waals surface area contributed by atoms with E-state index in [4.69, 9.17) is 0 Å². The number of allylic oxidation sites excluding steroid dienone is 2. The number of hydrogen-bond donors (Lipinski definition) is 0. The van der Waals surface area contributed by atoms with Gasteiger partial charge in [-0.2, -0.15) is 0 Å². The Morgan fingerprint density at radius 1 is 1.00 bits per heavy atom. The molecule has 1 aliphatic carbocycles. The zero-order valence-corrected chi connectivity index (χ0v) is 11.1. The SMILES string of the molecule is Cc1ccc(CC2=CC(=O)c3ccccc3C2=O)nc1. The highest BCUT2D eigenvalue weighted by Gasteiger charge is 2.25. The first-order valence-corrected chi connectivity index (χ1v) is 6.45. The van der Waals surface area contributed by atoms with Gasteiger partial charge in [-0.25, -0.2) is 0 Å². The van der Waals surface area contributed by atoms with Crippen molar-refractivity contribution in [3.05, 3.63) is 76.6 Å². The van der Waals surface area contributed by atoms with Crippen LogP contribution in [0.2, 0.25) is 0 Å². The zero-order valence-electron chi connectivity index (χ0n) is 11.1. The topological polar surface area (TPSA) is 47.0 Å². The van der Waals surface area contributed by atoms with E-state index in [1.165, 1.54) is 6.08 Å². The van der Waals surface area contributed by atoms with Crippen molar-refractivity contribution in [2.24, 2.45) is 0 Å². The van der Waals surface area contributed by atoms with E-state index in [-0.39, 0.29) is 11.6 Å². The van der Waals surface area contributed by atoms with Crippen LogP contribution in [0.25, 0.3) is 0 Å². The van der Waals surface area contributed by atoms with Crippen LogP contribution in [0.3, 0.4) is 0 Å². The third-order valence-electron chi connectivity index (χ3n) is 3.38. The summed E-state index contributed by atoms with van der Waals surface area (Å²) in [5.74, 6) is -0.190. The standard InChI is InChI=1S/C17H13NO2/c1-11-6-7-13(18-10-11)8-12-9-16(19)14-4-2-3-5-15(14)17(12)20/h2-7,9-10H,8H2,1H3. The lowest BCUT2D eigenvalue weighted by atomic mass is 9.87. The van der Waals surface area contributed by atoms with Crippen LogP contribution < -0.4 is 0 Å². The van der Waals surface area contributed by atoms with Crippen LogP contribution in [0.5, 0.6) is 0 Å². The van der Waals surface area contributed by atoms with Crippen LogP contribution in [-0.2, 0) is 6.42 Å². The first kappa shape index (κ1) is 12.5. The van der Waals surface area contributed by atoms with Crippen LogP contribution in [0.1, 0.15) is 32.0 Å². The van der Waals surface area contributed by atoms with Gasteiger partial charge in [0, 0.05) is 35.0 Å². The van der Waals surface area contributed by atoms with Gasteiger partial charge in [0.1, 0.15) is 0 Å². The smallest absolute Gasteiger partial charge is 0.190 e. The van der Waals surface area contributed by atoms with Gasteiger partial charge < -0.3 is 0 Å². The molecule has 3 heteroatoms. The van der Waals surface area contributed by atoms with Gasteiger partial charge in [0.2, 0.25) is 0 Å². The van der Waals surface area contributed by atoms with Gasteiger partial charge in [-0.1, -0.05) is 30.3 Å². The molecule has 0 atom stereocenters. The molecule has 0 radical (unpaired) electrons. The molecule has 0 bridgehead atoms. The minimum absolute atomic E-state index is 0.0809. The van der Waals surface area contributed by atoms with Gasteiger partial charge >= 0.3 is 0 Å². The van der Waals surface area contributed by atoms with Gasteiger partial charge in [-0.05, 0) is 24.6 Å². The number of carbonyl (C=O) groups is 2. The molecule has 0 aliphatic heterocycles. The minimum Gasteiger partial charge on any atom is -0.289 e. The summed E-state index contributed by atoms with van der Waals surface area (Å²) in [6, 6.07) is 10.8. The number of nitrogens with zero attached hydrogens (tertiary/aromatic N) is 1.